The van der Waals surface area contributed by atoms with Crippen molar-refractivity contribution in [3.63, 3.8) is 0 Å². The summed E-state index contributed by atoms with van der Waals surface area (Å²) in [7, 11) is 1.66. The second-order valence-electron chi connectivity index (χ2n) is 8.39. The predicted octanol–water partition coefficient (Wildman–Crippen LogP) is 3.15. The molecule has 1 aromatic heterocycles. The third kappa shape index (κ3) is 5.18. The highest BCUT2D eigenvalue weighted by atomic mass is 16.5. The maximum Gasteiger partial charge on any atom is 0.276 e. The van der Waals surface area contributed by atoms with E-state index in [0.717, 1.165) is 69.9 Å². The molecule has 4 rings (SSSR count). The van der Waals surface area contributed by atoms with Gasteiger partial charge in [0, 0.05) is 26.2 Å². The Kier molecular flexibility index (Phi) is 7.06. The van der Waals surface area contributed by atoms with E-state index in [-0.39, 0.29) is 11.9 Å². The molecule has 0 saturated carbocycles. The molecule has 3 heterocycles. The largest absolute Gasteiger partial charge is 0.493 e. The molecule has 0 bridgehead atoms. The molecule has 2 saturated heterocycles. The first kappa shape index (κ1) is 21.6. The highest BCUT2D eigenvalue weighted by Crippen LogP contribution is 2.29. The highest BCUT2D eigenvalue weighted by molar-refractivity contribution is 5.91. The zero-order valence-electron chi connectivity index (χ0n) is 18.6. The minimum Gasteiger partial charge on any atom is -0.493 e. The number of benzene rings is 1. The number of methoxy groups -OCH3 is 1. The molecule has 8 heteroatoms. The number of nitrogens with zero attached hydrogens (tertiary/aromatic N) is 5. The number of aromatic nitrogens is 3. The molecule has 2 aliphatic rings. The third-order valence-electron chi connectivity index (χ3n) is 6.16. The summed E-state index contributed by atoms with van der Waals surface area (Å²) in [5.74, 6) is 1.56. The van der Waals surface area contributed by atoms with Gasteiger partial charge in [-0.3, -0.25) is 9.69 Å². The van der Waals surface area contributed by atoms with Crippen molar-refractivity contribution in [2.45, 2.75) is 51.6 Å². The number of carbonyl (C=O) groups is 1. The second kappa shape index (κ2) is 10.1. The smallest absolute Gasteiger partial charge is 0.276 e. The van der Waals surface area contributed by atoms with Crippen LogP contribution in [0.1, 0.15) is 61.1 Å². The van der Waals surface area contributed by atoms with Gasteiger partial charge in [-0.05, 0) is 63.3 Å². The van der Waals surface area contributed by atoms with E-state index in [1.807, 2.05) is 28.8 Å². The van der Waals surface area contributed by atoms with Crippen LogP contribution in [0.5, 0.6) is 11.5 Å². The summed E-state index contributed by atoms with van der Waals surface area (Å²) in [5, 5.41) is 8.51. The van der Waals surface area contributed by atoms with Crippen LogP contribution in [0.2, 0.25) is 0 Å². The maximum atomic E-state index is 12.7. The first-order chi connectivity index (χ1) is 15.2. The van der Waals surface area contributed by atoms with E-state index in [2.05, 4.69) is 27.3 Å². The van der Waals surface area contributed by atoms with Crippen molar-refractivity contribution in [3.8, 4) is 11.5 Å². The van der Waals surface area contributed by atoms with Gasteiger partial charge in [-0.15, -0.1) is 5.10 Å². The summed E-state index contributed by atoms with van der Waals surface area (Å²) in [4.78, 5) is 17.1. The summed E-state index contributed by atoms with van der Waals surface area (Å²) in [5.41, 5.74) is 1.67. The third-order valence-corrected chi connectivity index (χ3v) is 6.16. The van der Waals surface area contributed by atoms with E-state index in [4.69, 9.17) is 9.47 Å². The zero-order valence-corrected chi connectivity index (χ0v) is 18.6. The Morgan fingerprint density at radius 2 is 1.97 bits per heavy atom. The monoisotopic (exact) mass is 427 g/mol. The van der Waals surface area contributed by atoms with Gasteiger partial charge in [0.15, 0.2) is 17.2 Å². The fraction of sp³-hybridized carbons (Fsp3) is 0.609. The highest BCUT2D eigenvalue weighted by Gasteiger charge is 2.26. The van der Waals surface area contributed by atoms with E-state index >= 15 is 0 Å². The van der Waals surface area contributed by atoms with Crippen molar-refractivity contribution in [1.82, 2.24) is 24.8 Å². The van der Waals surface area contributed by atoms with Crippen LogP contribution >= 0.6 is 0 Å². The molecule has 0 spiro atoms. The van der Waals surface area contributed by atoms with Gasteiger partial charge < -0.3 is 14.4 Å². The topological polar surface area (TPSA) is 72.7 Å². The van der Waals surface area contributed by atoms with Gasteiger partial charge in [-0.25, -0.2) is 4.68 Å². The number of likely N-dealkylation sites (tertiary alicyclic amines) is 2. The molecule has 1 amide bonds. The van der Waals surface area contributed by atoms with E-state index in [1.54, 1.807) is 7.11 Å². The van der Waals surface area contributed by atoms with Crippen molar-refractivity contribution in [3.05, 3.63) is 35.7 Å². The van der Waals surface area contributed by atoms with Crippen molar-refractivity contribution in [2.75, 3.05) is 39.9 Å². The minimum atomic E-state index is 0.0142. The molecule has 2 fully saturated rings. The van der Waals surface area contributed by atoms with Gasteiger partial charge in [0.25, 0.3) is 5.91 Å². The Morgan fingerprint density at radius 1 is 1.13 bits per heavy atom. The van der Waals surface area contributed by atoms with E-state index < -0.39 is 0 Å². The van der Waals surface area contributed by atoms with Crippen molar-refractivity contribution < 1.29 is 14.3 Å². The molecule has 2 aliphatic heterocycles. The van der Waals surface area contributed by atoms with Crippen molar-refractivity contribution in [2.24, 2.45) is 0 Å². The minimum absolute atomic E-state index is 0.0142. The fourth-order valence-corrected chi connectivity index (χ4v) is 4.55. The summed E-state index contributed by atoms with van der Waals surface area (Å²) in [6.07, 6.45) is 7.33. The normalized spacial score (nSPS) is 19.9. The number of piperidine rings is 2. The van der Waals surface area contributed by atoms with Gasteiger partial charge in [-0.2, -0.15) is 0 Å². The number of amides is 1. The summed E-state index contributed by atoms with van der Waals surface area (Å²) in [6.45, 7) is 7.01. The molecule has 2 aromatic rings. The van der Waals surface area contributed by atoms with Crippen LogP contribution in [0.25, 0.3) is 0 Å². The van der Waals surface area contributed by atoms with Crippen molar-refractivity contribution in [1.29, 1.82) is 0 Å². The maximum absolute atomic E-state index is 12.7. The summed E-state index contributed by atoms with van der Waals surface area (Å²) < 4.78 is 13.0. The molecular formula is C23H33N5O3. The Bertz CT molecular complexity index is 878. The van der Waals surface area contributed by atoms with E-state index in [1.165, 1.54) is 12.0 Å². The number of hydrogen-bond acceptors (Lipinski definition) is 6. The number of rotatable bonds is 7. The van der Waals surface area contributed by atoms with Crippen LogP contribution in [0.3, 0.4) is 0 Å². The number of ether oxygens (including phenoxy) is 2. The SMILES string of the molecule is CCOc1cc(CN2CCCC(n3cc(C(=O)N4CCCCC4)nn3)C2)ccc1OC. The van der Waals surface area contributed by atoms with Crippen LogP contribution in [0.15, 0.2) is 24.4 Å². The average Bonchev–Trinajstić information content (AvgIpc) is 3.30. The summed E-state index contributed by atoms with van der Waals surface area (Å²) >= 11 is 0. The van der Waals surface area contributed by atoms with Gasteiger partial charge in [0.2, 0.25) is 0 Å². The Hall–Kier alpha value is -2.61. The predicted molar refractivity (Wildman–Crippen MR) is 117 cm³/mol. The van der Waals surface area contributed by atoms with Gasteiger partial charge in [0.1, 0.15) is 0 Å². The lowest BCUT2D eigenvalue weighted by Crippen LogP contribution is -2.36. The van der Waals surface area contributed by atoms with Gasteiger partial charge >= 0.3 is 0 Å². The molecule has 0 N–H and O–H groups in total. The van der Waals surface area contributed by atoms with Crippen LogP contribution in [0, 0.1) is 0 Å². The fourth-order valence-electron chi connectivity index (χ4n) is 4.55. The first-order valence-corrected chi connectivity index (χ1v) is 11.4. The molecule has 1 aromatic carbocycles. The molecule has 1 atom stereocenters. The lowest BCUT2D eigenvalue weighted by molar-refractivity contribution is 0.0718. The lowest BCUT2D eigenvalue weighted by Gasteiger charge is -2.32. The van der Waals surface area contributed by atoms with Crippen LogP contribution < -0.4 is 9.47 Å². The molecule has 31 heavy (non-hydrogen) atoms. The molecule has 8 nitrogen and oxygen atoms in total. The summed E-state index contributed by atoms with van der Waals surface area (Å²) in [6, 6.07) is 6.36. The quantitative estimate of drug-likeness (QED) is 0.676. The first-order valence-electron chi connectivity index (χ1n) is 11.4. The Morgan fingerprint density at radius 3 is 2.74 bits per heavy atom. The van der Waals surface area contributed by atoms with E-state index in [9.17, 15) is 4.79 Å². The standard InChI is InChI=1S/C23H33N5O3/c1-3-31-22-14-18(9-10-21(22)30-2)15-26-11-7-8-19(16-26)28-17-20(24-25-28)23(29)27-12-5-4-6-13-27/h9-10,14,17,19H,3-8,11-13,15-16H2,1-2H3. The molecule has 1 unspecified atom stereocenters. The van der Waals surface area contributed by atoms with Gasteiger partial charge in [-0.1, -0.05) is 11.3 Å². The second-order valence-corrected chi connectivity index (χ2v) is 8.39. The Labute approximate surface area is 184 Å². The average molecular weight is 428 g/mol. The number of carbonyl (C=O) groups excluding carboxylic acids is 1. The molecule has 168 valence electrons. The molecule has 0 radical (unpaired) electrons. The van der Waals surface area contributed by atoms with Crippen molar-refractivity contribution >= 4 is 5.91 Å². The van der Waals surface area contributed by atoms with Crippen LogP contribution in [-0.2, 0) is 6.54 Å². The van der Waals surface area contributed by atoms with Crippen LogP contribution in [-0.4, -0.2) is 70.6 Å². The van der Waals surface area contributed by atoms with Crippen LogP contribution in [0.4, 0.5) is 0 Å². The molecular weight excluding hydrogens is 394 g/mol. The molecule has 0 aliphatic carbocycles. The zero-order chi connectivity index (χ0) is 21.6. The lowest BCUT2D eigenvalue weighted by atomic mass is 10.0. The van der Waals surface area contributed by atoms with E-state index in [0.29, 0.717) is 12.3 Å². The van der Waals surface area contributed by atoms with Gasteiger partial charge in [0.05, 0.1) is 26.0 Å². The Balaban J connectivity index is 1.39. The number of hydrogen-bond donors (Lipinski definition) is 0.